The molecule has 5 heteroatoms. The number of hydrogen-bond donors (Lipinski definition) is 2. The molecule has 1 atom stereocenters. The molecule has 3 rings (SSSR count). The van der Waals surface area contributed by atoms with Crippen LogP contribution >= 0.6 is 0 Å². The fourth-order valence-corrected chi connectivity index (χ4v) is 3.50. The molecule has 26 heavy (non-hydrogen) atoms. The zero-order chi connectivity index (χ0) is 18.5. The van der Waals surface area contributed by atoms with Gasteiger partial charge in [0.1, 0.15) is 5.75 Å². The molecule has 0 fully saturated rings. The van der Waals surface area contributed by atoms with Gasteiger partial charge in [0.15, 0.2) is 5.96 Å². The Morgan fingerprint density at radius 3 is 2.73 bits per heavy atom. The Morgan fingerprint density at radius 2 is 1.96 bits per heavy atom. The number of anilines is 1. The molecule has 0 amide bonds. The Kier molecular flexibility index (Phi) is 5.78. The molecule has 0 saturated heterocycles. The summed E-state index contributed by atoms with van der Waals surface area (Å²) in [4.78, 5) is 6.70. The summed E-state index contributed by atoms with van der Waals surface area (Å²) in [6.07, 6.45) is 3.58. The first-order valence-corrected chi connectivity index (χ1v) is 9.06. The molecule has 0 heterocycles. The van der Waals surface area contributed by atoms with E-state index in [9.17, 15) is 0 Å². The molecule has 0 radical (unpaired) electrons. The van der Waals surface area contributed by atoms with E-state index in [1.165, 1.54) is 24.0 Å². The molecule has 2 aromatic carbocycles. The van der Waals surface area contributed by atoms with Crippen LogP contribution in [0.4, 0.5) is 5.69 Å². The molecule has 1 aliphatic rings. The van der Waals surface area contributed by atoms with Crippen LogP contribution in [0.25, 0.3) is 0 Å². The molecule has 5 nitrogen and oxygen atoms in total. The first-order valence-electron chi connectivity index (χ1n) is 9.06. The van der Waals surface area contributed by atoms with Crippen molar-refractivity contribution in [3.63, 3.8) is 0 Å². The van der Waals surface area contributed by atoms with Crippen LogP contribution in [0.1, 0.15) is 29.2 Å². The third-order valence-corrected chi connectivity index (χ3v) is 4.93. The number of likely N-dealkylation sites (N-methyl/N-ethyl adjacent to an activating group) is 1. The second-order valence-corrected chi connectivity index (χ2v) is 6.91. The highest BCUT2D eigenvalue weighted by molar-refractivity contribution is 5.92. The Balaban J connectivity index is 1.71. The second-order valence-electron chi connectivity index (χ2n) is 6.91. The van der Waals surface area contributed by atoms with E-state index >= 15 is 0 Å². The number of nitrogens with zero attached hydrogens (tertiary/aromatic N) is 2. The van der Waals surface area contributed by atoms with E-state index in [2.05, 4.69) is 39.5 Å². The number of ether oxygens (including phenoxy) is 1. The Morgan fingerprint density at radius 1 is 1.19 bits per heavy atom. The smallest absolute Gasteiger partial charge is 0.193 e. The second kappa shape index (κ2) is 8.23. The number of aryl methyl sites for hydroxylation is 2. The molecule has 0 aliphatic heterocycles. The lowest BCUT2D eigenvalue weighted by Gasteiger charge is -2.25. The largest absolute Gasteiger partial charge is 0.496 e. The summed E-state index contributed by atoms with van der Waals surface area (Å²) >= 11 is 0. The lowest BCUT2D eigenvalue weighted by molar-refractivity contribution is 0.295. The number of nitrogens with two attached hydrogens (primary N) is 1. The number of methoxy groups -OCH3 is 1. The van der Waals surface area contributed by atoms with Gasteiger partial charge in [-0.1, -0.05) is 24.3 Å². The van der Waals surface area contributed by atoms with E-state index in [-0.39, 0.29) is 6.04 Å². The van der Waals surface area contributed by atoms with Crippen LogP contribution in [0, 0.1) is 0 Å². The maximum atomic E-state index is 6.14. The monoisotopic (exact) mass is 352 g/mol. The lowest BCUT2D eigenvalue weighted by atomic mass is 10.0. The van der Waals surface area contributed by atoms with E-state index in [0.717, 1.165) is 23.4 Å². The van der Waals surface area contributed by atoms with Crippen molar-refractivity contribution in [2.24, 2.45) is 10.7 Å². The summed E-state index contributed by atoms with van der Waals surface area (Å²) in [6.45, 7) is 0.553. The zero-order valence-electron chi connectivity index (χ0n) is 15.8. The molecule has 0 spiro atoms. The number of fused-ring (bicyclic) bond motifs is 1. The van der Waals surface area contributed by atoms with Gasteiger partial charge in [0, 0.05) is 11.3 Å². The Labute approximate surface area is 155 Å². The molecular weight excluding hydrogens is 324 g/mol. The van der Waals surface area contributed by atoms with Gasteiger partial charge in [-0.25, -0.2) is 0 Å². The summed E-state index contributed by atoms with van der Waals surface area (Å²) < 4.78 is 5.50. The zero-order valence-corrected chi connectivity index (χ0v) is 15.8. The minimum Gasteiger partial charge on any atom is -0.496 e. The third kappa shape index (κ3) is 4.17. The minimum atomic E-state index is 0.0894. The summed E-state index contributed by atoms with van der Waals surface area (Å²) in [6, 6.07) is 14.6. The van der Waals surface area contributed by atoms with Gasteiger partial charge in [-0.05, 0) is 62.7 Å². The standard InChI is InChI=1S/C21H28N4O/c1-25(2)19(18-9-4-5-10-20(18)26-3)14-23-21(22)24-17-12-11-15-7-6-8-16(15)13-17/h4-5,9-13,19H,6-8,14H2,1-3H3,(H3,22,23,24). The number of guanidine groups is 1. The molecule has 1 unspecified atom stereocenters. The summed E-state index contributed by atoms with van der Waals surface area (Å²) in [5, 5.41) is 3.22. The number of para-hydroxylation sites is 1. The molecular formula is C21H28N4O. The molecule has 0 aromatic heterocycles. The van der Waals surface area contributed by atoms with Crippen molar-refractivity contribution in [1.29, 1.82) is 0 Å². The van der Waals surface area contributed by atoms with Gasteiger partial charge in [0.25, 0.3) is 0 Å². The van der Waals surface area contributed by atoms with Gasteiger partial charge in [-0.2, -0.15) is 0 Å². The van der Waals surface area contributed by atoms with Crippen LogP contribution in [0.15, 0.2) is 47.5 Å². The van der Waals surface area contributed by atoms with Gasteiger partial charge in [0.2, 0.25) is 0 Å². The van der Waals surface area contributed by atoms with E-state index in [4.69, 9.17) is 10.5 Å². The van der Waals surface area contributed by atoms with Gasteiger partial charge in [-0.3, -0.25) is 4.99 Å². The average Bonchev–Trinajstić information content (AvgIpc) is 3.09. The van der Waals surface area contributed by atoms with Crippen molar-refractivity contribution in [1.82, 2.24) is 4.90 Å². The van der Waals surface area contributed by atoms with Gasteiger partial charge >= 0.3 is 0 Å². The minimum absolute atomic E-state index is 0.0894. The van der Waals surface area contributed by atoms with Gasteiger partial charge in [-0.15, -0.1) is 0 Å². The van der Waals surface area contributed by atoms with E-state index in [0.29, 0.717) is 12.5 Å². The molecule has 0 saturated carbocycles. The Hall–Kier alpha value is -2.53. The SMILES string of the molecule is COc1ccccc1C(CN=C(N)Nc1ccc2c(c1)CCC2)N(C)C. The first-order chi connectivity index (χ1) is 12.6. The van der Waals surface area contributed by atoms with Crippen LogP contribution in [0.3, 0.4) is 0 Å². The van der Waals surface area contributed by atoms with E-state index in [1.807, 2.05) is 32.3 Å². The highest BCUT2D eigenvalue weighted by Crippen LogP contribution is 2.28. The van der Waals surface area contributed by atoms with Gasteiger partial charge < -0.3 is 20.7 Å². The third-order valence-electron chi connectivity index (χ3n) is 4.93. The number of nitrogens with one attached hydrogen (secondary N) is 1. The van der Waals surface area contributed by atoms with Crippen molar-refractivity contribution in [2.75, 3.05) is 33.1 Å². The topological polar surface area (TPSA) is 62.9 Å². The summed E-state index contributed by atoms with van der Waals surface area (Å²) in [5.41, 5.74) is 11.1. The predicted molar refractivity (Wildman–Crippen MR) is 108 cm³/mol. The highest BCUT2D eigenvalue weighted by atomic mass is 16.5. The van der Waals surface area contributed by atoms with Crippen LogP contribution in [0.5, 0.6) is 5.75 Å². The van der Waals surface area contributed by atoms with Crippen molar-refractivity contribution >= 4 is 11.6 Å². The fraction of sp³-hybridized carbons (Fsp3) is 0.381. The number of hydrogen-bond acceptors (Lipinski definition) is 3. The number of aliphatic imine (C=N–C) groups is 1. The maximum absolute atomic E-state index is 6.14. The van der Waals surface area contributed by atoms with Crippen molar-refractivity contribution in [3.05, 3.63) is 59.2 Å². The van der Waals surface area contributed by atoms with Crippen molar-refractivity contribution in [2.45, 2.75) is 25.3 Å². The number of rotatable bonds is 6. The molecule has 2 aromatic rings. The first kappa shape index (κ1) is 18.3. The van der Waals surface area contributed by atoms with Gasteiger partial charge in [0.05, 0.1) is 19.7 Å². The maximum Gasteiger partial charge on any atom is 0.193 e. The van der Waals surface area contributed by atoms with Crippen molar-refractivity contribution in [3.8, 4) is 5.75 Å². The molecule has 1 aliphatic carbocycles. The summed E-state index contributed by atoms with van der Waals surface area (Å²) in [7, 11) is 5.77. The van der Waals surface area contributed by atoms with E-state index in [1.54, 1.807) is 7.11 Å². The van der Waals surface area contributed by atoms with Crippen LogP contribution < -0.4 is 15.8 Å². The number of benzene rings is 2. The predicted octanol–water partition coefficient (Wildman–Crippen LogP) is 3.21. The quantitative estimate of drug-likeness (QED) is 0.619. The van der Waals surface area contributed by atoms with Crippen LogP contribution in [0.2, 0.25) is 0 Å². The van der Waals surface area contributed by atoms with E-state index < -0.39 is 0 Å². The van der Waals surface area contributed by atoms with Crippen molar-refractivity contribution < 1.29 is 4.74 Å². The fourth-order valence-electron chi connectivity index (χ4n) is 3.50. The van der Waals surface area contributed by atoms with Crippen LogP contribution in [-0.2, 0) is 12.8 Å². The molecule has 138 valence electrons. The normalized spacial score (nSPS) is 15.0. The highest BCUT2D eigenvalue weighted by Gasteiger charge is 2.18. The van der Waals surface area contributed by atoms with Crippen LogP contribution in [-0.4, -0.2) is 38.6 Å². The average molecular weight is 352 g/mol. The lowest BCUT2D eigenvalue weighted by Crippen LogP contribution is -2.27. The molecule has 3 N–H and O–H groups in total. The summed E-state index contributed by atoms with van der Waals surface area (Å²) in [5.74, 6) is 1.30. The molecule has 0 bridgehead atoms. The Bertz CT molecular complexity index is 785.